The van der Waals surface area contributed by atoms with Gasteiger partial charge in [0.2, 0.25) is 0 Å². The van der Waals surface area contributed by atoms with Crippen molar-refractivity contribution in [1.29, 1.82) is 0 Å². The van der Waals surface area contributed by atoms with E-state index in [0.29, 0.717) is 28.2 Å². The predicted octanol–water partition coefficient (Wildman–Crippen LogP) is 5.16. The molecule has 122 valence electrons. The number of hydrazone groups is 1. The second-order valence-electron chi connectivity index (χ2n) is 4.80. The molecular weight excluding hydrogens is 335 g/mol. The summed E-state index contributed by atoms with van der Waals surface area (Å²) in [6.45, 7) is 4.37. The molecule has 0 aliphatic heterocycles. The maximum atomic E-state index is 6.20. The zero-order chi connectivity index (χ0) is 16.8. The van der Waals surface area contributed by atoms with Crippen LogP contribution in [-0.2, 0) is 0 Å². The van der Waals surface area contributed by atoms with Gasteiger partial charge in [-0.1, -0.05) is 29.3 Å². The minimum atomic E-state index is 0.471. The summed E-state index contributed by atoms with van der Waals surface area (Å²) in [6, 6.07) is 9.24. The zero-order valence-electron chi connectivity index (χ0n) is 13.2. The molecule has 0 heterocycles. The van der Waals surface area contributed by atoms with Gasteiger partial charge in [0.15, 0.2) is 11.5 Å². The molecule has 2 aromatic rings. The fraction of sp³-hybridized carbons (Fsp3) is 0.235. The third kappa shape index (κ3) is 4.53. The van der Waals surface area contributed by atoms with E-state index in [1.807, 2.05) is 38.1 Å². The maximum Gasteiger partial charge on any atom is 0.179 e. The van der Waals surface area contributed by atoms with Gasteiger partial charge in [0.05, 0.1) is 30.6 Å². The highest BCUT2D eigenvalue weighted by atomic mass is 35.5. The highest BCUT2D eigenvalue weighted by molar-refractivity contribution is 6.32. The van der Waals surface area contributed by atoms with Crippen molar-refractivity contribution in [1.82, 2.24) is 0 Å². The van der Waals surface area contributed by atoms with Gasteiger partial charge in [-0.15, -0.1) is 0 Å². The Hall–Kier alpha value is -1.91. The van der Waals surface area contributed by atoms with Gasteiger partial charge in [-0.3, -0.25) is 5.43 Å². The first-order chi connectivity index (χ1) is 11.0. The van der Waals surface area contributed by atoms with E-state index in [9.17, 15) is 0 Å². The van der Waals surface area contributed by atoms with Gasteiger partial charge in [0.25, 0.3) is 0 Å². The fourth-order valence-corrected chi connectivity index (χ4v) is 2.44. The Morgan fingerprint density at radius 2 is 1.96 bits per heavy atom. The van der Waals surface area contributed by atoms with Crippen LogP contribution in [0.5, 0.6) is 11.5 Å². The second-order valence-corrected chi connectivity index (χ2v) is 5.62. The molecule has 0 radical (unpaired) electrons. The lowest BCUT2D eigenvalue weighted by Crippen LogP contribution is -1.98. The van der Waals surface area contributed by atoms with Crippen LogP contribution in [0.2, 0.25) is 10.0 Å². The number of nitrogens with one attached hydrogen (secondary N) is 1. The van der Waals surface area contributed by atoms with Crippen molar-refractivity contribution in [3.8, 4) is 11.5 Å². The van der Waals surface area contributed by atoms with Crippen molar-refractivity contribution in [3.05, 3.63) is 51.5 Å². The van der Waals surface area contributed by atoms with E-state index in [1.54, 1.807) is 19.4 Å². The van der Waals surface area contributed by atoms with Gasteiger partial charge in [0.1, 0.15) is 0 Å². The molecule has 0 saturated carbocycles. The normalized spacial score (nSPS) is 10.8. The number of hydrogen-bond acceptors (Lipinski definition) is 4. The van der Waals surface area contributed by atoms with Crippen LogP contribution < -0.4 is 14.9 Å². The quantitative estimate of drug-likeness (QED) is 0.577. The molecule has 0 atom stereocenters. The Bertz CT molecular complexity index is 718. The third-order valence-electron chi connectivity index (χ3n) is 3.11. The molecule has 0 saturated heterocycles. The number of methoxy groups -OCH3 is 1. The van der Waals surface area contributed by atoms with Crippen LogP contribution >= 0.6 is 23.2 Å². The zero-order valence-corrected chi connectivity index (χ0v) is 14.7. The Balaban J connectivity index is 2.17. The van der Waals surface area contributed by atoms with Gasteiger partial charge in [-0.25, -0.2) is 0 Å². The summed E-state index contributed by atoms with van der Waals surface area (Å²) in [4.78, 5) is 0. The number of hydrogen-bond donors (Lipinski definition) is 1. The summed E-state index contributed by atoms with van der Waals surface area (Å²) in [5, 5.41) is 5.35. The first-order valence-corrected chi connectivity index (χ1v) is 7.86. The van der Waals surface area contributed by atoms with Crippen molar-refractivity contribution < 1.29 is 9.47 Å². The largest absolute Gasteiger partial charge is 0.491 e. The molecule has 0 spiro atoms. The Labute approximate surface area is 146 Å². The summed E-state index contributed by atoms with van der Waals surface area (Å²) >= 11 is 12.3. The third-order valence-corrected chi connectivity index (χ3v) is 3.80. The van der Waals surface area contributed by atoms with Crippen molar-refractivity contribution in [2.24, 2.45) is 5.10 Å². The molecular formula is C17H18Cl2N2O2. The van der Waals surface area contributed by atoms with Crippen LogP contribution in [0.15, 0.2) is 35.4 Å². The molecule has 0 aromatic heterocycles. The Morgan fingerprint density at radius 3 is 2.61 bits per heavy atom. The van der Waals surface area contributed by atoms with Gasteiger partial charge < -0.3 is 9.47 Å². The minimum absolute atomic E-state index is 0.471. The van der Waals surface area contributed by atoms with Crippen molar-refractivity contribution in [2.45, 2.75) is 13.8 Å². The fourth-order valence-electron chi connectivity index (χ4n) is 1.97. The molecule has 0 amide bonds. The number of rotatable bonds is 6. The smallest absolute Gasteiger partial charge is 0.179 e. The first-order valence-electron chi connectivity index (χ1n) is 7.10. The second kappa shape index (κ2) is 8.09. The molecule has 0 aliphatic rings. The highest BCUT2D eigenvalue weighted by Gasteiger charge is 2.10. The average molecular weight is 353 g/mol. The summed E-state index contributed by atoms with van der Waals surface area (Å²) in [7, 11) is 1.56. The molecule has 4 nitrogen and oxygen atoms in total. The number of aryl methyl sites for hydroxylation is 1. The average Bonchev–Trinajstić information content (AvgIpc) is 2.51. The van der Waals surface area contributed by atoms with Crippen molar-refractivity contribution in [3.63, 3.8) is 0 Å². The van der Waals surface area contributed by atoms with E-state index < -0.39 is 0 Å². The molecule has 2 aromatic carbocycles. The summed E-state index contributed by atoms with van der Waals surface area (Å²) in [6.07, 6.45) is 1.65. The maximum absolute atomic E-state index is 6.20. The monoisotopic (exact) mass is 352 g/mol. The van der Waals surface area contributed by atoms with Crippen LogP contribution in [0, 0.1) is 6.92 Å². The lowest BCUT2D eigenvalue weighted by atomic mass is 10.2. The predicted molar refractivity (Wildman–Crippen MR) is 96.6 cm³/mol. The molecule has 23 heavy (non-hydrogen) atoms. The summed E-state index contributed by atoms with van der Waals surface area (Å²) < 4.78 is 10.8. The van der Waals surface area contributed by atoms with Gasteiger partial charge in [-0.05, 0) is 49.2 Å². The van der Waals surface area contributed by atoms with E-state index in [-0.39, 0.29) is 0 Å². The number of nitrogens with zero attached hydrogens (tertiary/aromatic N) is 1. The van der Waals surface area contributed by atoms with E-state index >= 15 is 0 Å². The first kappa shape index (κ1) is 17.4. The molecule has 0 unspecified atom stereocenters. The van der Waals surface area contributed by atoms with Crippen LogP contribution in [-0.4, -0.2) is 19.9 Å². The van der Waals surface area contributed by atoms with Gasteiger partial charge in [0, 0.05) is 5.02 Å². The molecule has 0 bridgehead atoms. The van der Waals surface area contributed by atoms with E-state index in [4.69, 9.17) is 32.7 Å². The molecule has 0 fully saturated rings. The number of halogens is 2. The van der Waals surface area contributed by atoms with Crippen molar-refractivity contribution >= 4 is 35.1 Å². The number of benzene rings is 2. The van der Waals surface area contributed by atoms with E-state index in [2.05, 4.69) is 10.5 Å². The molecule has 2 rings (SSSR count). The molecule has 0 aliphatic carbocycles. The van der Waals surface area contributed by atoms with E-state index in [0.717, 1.165) is 16.8 Å². The molecule has 6 heteroatoms. The standard InChI is InChI=1S/C17H18Cl2N2O2/c1-4-23-16-8-12(7-15(19)17(16)22-3)10-20-21-13-6-5-11(2)14(18)9-13/h5-10,21H,4H2,1-3H3/b20-10+. The van der Waals surface area contributed by atoms with Crippen LogP contribution in [0.1, 0.15) is 18.1 Å². The lowest BCUT2D eigenvalue weighted by molar-refractivity contribution is 0.311. The van der Waals surface area contributed by atoms with Crippen LogP contribution in [0.25, 0.3) is 0 Å². The topological polar surface area (TPSA) is 42.8 Å². The highest BCUT2D eigenvalue weighted by Crippen LogP contribution is 2.35. The minimum Gasteiger partial charge on any atom is -0.491 e. The summed E-state index contributed by atoms with van der Waals surface area (Å²) in [5.41, 5.74) is 5.55. The van der Waals surface area contributed by atoms with Gasteiger partial charge >= 0.3 is 0 Å². The lowest BCUT2D eigenvalue weighted by Gasteiger charge is -2.11. The Kier molecular flexibility index (Phi) is 6.13. The van der Waals surface area contributed by atoms with Crippen molar-refractivity contribution in [2.75, 3.05) is 19.1 Å². The SMILES string of the molecule is CCOc1cc(/C=N/Nc2ccc(C)c(Cl)c2)cc(Cl)c1OC. The Morgan fingerprint density at radius 1 is 1.17 bits per heavy atom. The van der Waals surface area contributed by atoms with Gasteiger partial charge in [-0.2, -0.15) is 5.10 Å². The number of anilines is 1. The van der Waals surface area contributed by atoms with Crippen LogP contribution in [0.3, 0.4) is 0 Å². The number of ether oxygens (including phenoxy) is 2. The summed E-state index contributed by atoms with van der Waals surface area (Å²) in [5.74, 6) is 1.10. The molecule has 1 N–H and O–H groups in total. The van der Waals surface area contributed by atoms with E-state index in [1.165, 1.54) is 0 Å². The van der Waals surface area contributed by atoms with Crippen LogP contribution in [0.4, 0.5) is 5.69 Å².